The second kappa shape index (κ2) is 2.49. The molecule has 0 aromatic heterocycles. The molecule has 0 aliphatic carbocycles. The molecule has 0 saturated carbocycles. The van der Waals surface area contributed by atoms with Crippen LogP contribution in [0.5, 0.6) is 0 Å². The Labute approximate surface area is 65.2 Å². The van der Waals surface area contributed by atoms with Crippen molar-refractivity contribution < 1.29 is 4.79 Å². The Morgan fingerprint density at radius 3 is 3.36 bits per heavy atom. The number of carbonyl (C=O) groups excluding carboxylic acids is 1. The highest BCUT2D eigenvalue weighted by atomic mass is 16.1. The minimum Gasteiger partial charge on any atom is -0.350 e. The molecule has 0 radical (unpaired) electrons. The van der Waals surface area contributed by atoms with Gasteiger partial charge in [0.1, 0.15) is 5.84 Å². The highest BCUT2D eigenvalue weighted by Gasteiger charge is 2.26. The first kappa shape index (κ1) is 6.58. The van der Waals surface area contributed by atoms with E-state index in [1.54, 1.807) is 12.3 Å². The van der Waals surface area contributed by atoms with Crippen molar-refractivity contribution in [2.45, 2.75) is 12.8 Å². The molecular weight excluding hydrogens is 140 g/mol. The van der Waals surface area contributed by atoms with Crippen molar-refractivity contribution in [1.82, 2.24) is 5.32 Å². The first-order chi connectivity index (χ1) is 5.38. The van der Waals surface area contributed by atoms with E-state index in [4.69, 9.17) is 0 Å². The van der Waals surface area contributed by atoms with Crippen molar-refractivity contribution in [3.63, 3.8) is 0 Å². The van der Waals surface area contributed by atoms with E-state index >= 15 is 0 Å². The SMILES string of the molecule is O=C1C=CNC2=NCCCC12. The van der Waals surface area contributed by atoms with Crippen molar-refractivity contribution in [2.75, 3.05) is 6.54 Å². The van der Waals surface area contributed by atoms with Crippen molar-refractivity contribution in [2.24, 2.45) is 10.9 Å². The lowest BCUT2D eigenvalue weighted by molar-refractivity contribution is -0.116. The van der Waals surface area contributed by atoms with Crippen LogP contribution >= 0.6 is 0 Å². The maximum absolute atomic E-state index is 11.2. The Bertz CT molecular complexity index is 242. The van der Waals surface area contributed by atoms with Gasteiger partial charge in [0.2, 0.25) is 0 Å². The number of hydrogen-bond donors (Lipinski definition) is 1. The summed E-state index contributed by atoms with van der Waals surface area (Å²) in [5, 5.41) is 3.00. The van der Waals surface area contributed by atoms with E-state index in [-0.39, 0.29) is 11.7 Å². The number of nitrogens with one attached hydrogen (secondary N) is 1. The van der Waals surface area contributed by atoms with Crippen molar-refractivity contribution >= 4 is 11.6 Å². The fourth-order valence-electron chi connectivity index (χ4n) is 1.49. The molecule has 3 heteroatoms. The fourth-order valence-corrected chi connectivity index (χ4v) is 1.49. The first-order valence-electron chi connectivity index (χ1n) is 3.89. The maximum atomic E-state index is 11.2. The quantitative estimate of drug-likeness (QED) is 0.545. The smallest absolute Gasteiger partial charge is 0.167 e. The zero-order valence-corrected chi connectivity index (χ0v) is 6.21. The Morgan fingerprint density at radius 1 is 1.64 bits per heavy atom. The van der Waals surface area contributed by atoms with Crippen LogP contribution in [0.15, 0.2) is 17.3 Å². The normalized spacial score (nSPS) is 28.9. The van der Waals surface area contributed by atoms with Gasteiger partial charge in [0.15, 0.2) is 5.78 Å². The largest absolute Gasteiger partial charge is 0.350 e. The molecule has 2 aliphatic rings. The number of carbonyl (C=O) groups is 1. The summed E-state index contributed by atoms with van der Waals surface area (Å²) in [6.07, 6.45) is 5.25. The molecule has 0 aromatic rings. The molecule has 2 aliphatic heterocycles. The Balaban J connectivity index is 2.29. The minimum atomic E-state index is 0.0359. The highest BCUT2D eigenvalue weighted by Crippen LogP contribution is 2.17. The number of allylic oxidation sites excluding steroid dienone is 1. The summed E-state index contributed by atoms with van der Waals surface area (Å²) >= 11 is 0. The Hall–Kier alpha value is -1.12. The van der Waals surface area contributed by atoms with Gasteiger partial charge in [0, 0.05) is 12.7 Å². The number of aliphatic imine (C=N–C) groups is 1. The highest BCUT2D eigenvalue weighted by molar-refractivity contribution is 6.11. The van der Waals surface area contributed by atoms with E-state index in [1.807, 2.05) is 0 Å². The fraction of sp³-hybridized carbons (Fsp3) is 0.500. The average Bonchev–Trinajstić information content (AvgIpc) is 2.06. The lowest BCUT2D eigenvalue weighted by Gasteiger charge is -2.23. The number of fused-ring (bicyclic) bond motifs is 1. The van der Waals surface area contributed by atoms with Gasteiger partial charge in [-0.15, -0.1) is 0 Å². The Kier molecular flexibility index (Phi) is 1.49. The topological polar surface area (TPSA) is 41.5 Å². The van der Waals surface area contributed by atoms with Gasteiger partial charge < -0.3 is 5.32 Å². The molecule has 3 nitrogen and oxygen atoms in total. The van der Waals surface area contributed by atoms with Gasteiger partial charge >= 0.3 is 0 Å². The van der Waals surface area contributed by atoms with E-state index in [0.717, 1.165) is 25.2 Å². The molecule has 2 heterocycles. The van der Waals surface area contributed by atoms with Crippen LogP contribution in [0.2, 0.25) is 0 Å². The van der Waals surface area contributed by atoms with Gasteiger partial charge in [0.25, 0.3) is 0 Å². The number of amidine groups is 1. The molecule has 0 spiro atoms. The molecule has 0 bridgehead atoms. The van der Waals surface area contributed by atoms with Crippen molar-refractivity contribution in [3.05, 3.63) is 12.3 Å². The number of ketones is 1. The molecule has 0 fully saturated rings. The third-order valence-electron chi connectivity index (χ3n) is 2.09. The molecule has 58 valence electrons. The van der Waals surface area contributed by atoms with E-state index in [2.05, 4.69) is 10.3 Å². The van der Waals surface area contributed by atoms with E-state index in [0.29, 0.717) is 0 Å². The molecular formula is C8H10N2O. The molecule has 1 N–H and O–H groups in total. The van der Waals surface area contributed by atoms with Gasteiger partial charge in [-0.1, -0.05) is 0 Å². The lowest BCUT2D eigenvalue weighted by Crippen LogP contribution is -2.38. The first-order valence-corrected chi connectivity index (χ1v) is 3.89. The minimum absolute atomic E-state index is 0.0359. The summed E-state index contributed by atoms with van der Waals surface area (Å²) in [7, 11) is 0. The third-order valence-corrected chi connectivity index (χ3v) is 2.09. The molecule has 2 rings (SSSR count). The van der Waals surface area contributed by atoms with Crippen LogP contribution in [0.25, 0.3) is 0 Å². The maximum Gasteiger partial charge on any atom is 0.167 e. The molecule has 1 unspecified atom stereocenters. The van der Waals surface area contributed by atoms with Crippen LogP contribution in [0.4, 0.5) is 0 Å². The Morgan fingerprint density at radius 2 is 2.55 bits per heavy atom. The summed E-state index contributed by atoms with van der Waals surface area (Å²) in [6, 6.07) is 0. The lowest BCUT2D eigenvalue weighted by atomic mass is 9.93. The summed E-state index contributed by atoms with van der Waals surface area (Å²) < 4.78 is 0. The molecule has 1 atom stereocenters. The van der Waals surface area contributed by atoms with Crippen LogP contribution in [0, 0.1) is 5.92 Å². The number of hydrogen-bond acceptors (Lipinski definition) is 3. The predicted molar refractivity (Wildman–Crippen MR) is 42.3 cm³/mol. The predicted octanol–water partition coefficient (Wildman–Crippen LogP) is 0.481. The second-order valence-electron chi connectivity index (χ2n) is 2.84. The van der Waals surface area contributed by atoms with Gasteiger partial charge in [0.05, 0.1) is 5.92 Å². The molecule has 0 amide bonds. The van der Waals surface area contributed by atoms with Gasteiger partial charge in [-0.3, -0.25) is 9.79 Å². The zero-order valence-electron chi connectivity index (χ0n) is 6.21. The van der Waals surface area contributed by atoms with Gasteiger partial charge in [-0.25, -0.2) is 0 Å². The standard InChI is InChI=1S/C8H10N2O/c11-7-3-5-10-8-6(7)2-1-4-9-8/h3,5-6H,1-2,4H2,(H,9,10). The van der Waals surface area contributed by atoms with Crippen LogP contribution in [0.1, 0.15) is 12.8 Å². The molecule has 0 aromatic carbocycles. The van der Waals surface area contributed by atoms with Crippen LogP contribution in [0.3, 0.4) is 0 Å². The summed E-state index contributed by atoms with van der Waals surface area (Å²) in [5.74, 6) is 1.10. The van der Waals surface area contributed by atoms with Crippen molar-refractivity contribution in [3.8, 4) is 0 Å². The van der Waals surface area contributed by atoms with Gasteiger partial charge in [-0.05, 0) is 18.9 Å². The second-order valence-corrected chi connectivity index (χ2v) is 2.84. The van der Waals surface area contributed by atoms with E-state index in [9.17, 15) is 4.79 Å². The van der Waals surface area contributed by atoms with Crippen LogP contribution in [-0.2, 0) is 4.79 Å². The summed E-state index contributed by atoms with van der Waals surface area (Å²) in [6.45, 7) is 0.861. The van der Waals surface area contributed by atoms with Gasteiger partial charge in [-0.2, -0.15) is 0 Å². The monoisotopic (exact) mass is 150 g/mol. The number of nitrogens with zero attached hydrogens (tertiary/aromatic N) is 1. The molecule has 11 heavy (non-hydrogen) atoms. The molecule has 0 saturated heterocycles. The van der Waals surface area contributed by atoms with E-state index < -0.39 is 0 Å². The number of rotatable bonds is 0. The van der Waals surface area contributed by atoms with Crippen LogP contribution < -0.4 is 5.32 Å². The summed E-state index contributed by atoms with van der Waals surface area (Å²) in [4.78, 5) is 15.5. The van der Waals surface area contributed by atoms with E-state index in [1.165, 1.54) is 0 Å². The zero-order chi connectivity index (χ0) is 7.68. The average molecular weight is 150 g/mol. The van der Waals surface area contributed by atoms with Crippen molar-refractivity contribution in [1.29, 1.82) is 0 Å². The summed E-state index contributed by atoms with van der Waals surface area (Å²) in [5.41, 5.74) is 0. The third kappa shape index (κ3) is 1.06. The van der Waals surface area contributed by atoms with Crippen LogP contribution in [-0.4, -0.2) is 18.2 Å².